The molecule has 7 heteroatoms. The normalized spacial score (nSPS) is 11.0. The lowest BCUT2D eigenvalue weighted by atomic mass is 10.1. The summed E-state index contributed by atoms with van der Waals surface area (Å²) in [5, 5.41) is 2.93. The third-order valence-electron chi connectivity index (χ3n) is 4.74. The van der Waals surface area contributed by atoms with E-state index in [1.54, 1.807) is 6.92 Å². The Bertz CT molecular complexity index is 881. The Morgan fingerprint density at radius 1 is 1.07 bits per heavy atom. The van der Waals surface area contributed by atoms with Crippen LogP contribution in [0.4, 0.5) is 0 Å². The van der Waals surface area contributed by atoms with Crippen LogP contribution >= 0.6 is 0 Å². The van der Waals surface area contributed by atoms with Crippen molar-refractivity contribution in [2.24, 2.45) is 0 Å². The van der Waals surface area contributed by atoms with Crippen LogP contribution in [-0.4, -0.2) is 33.9 Å². The molecule has 0 fully saturated rings. The third-order valence-corrected chi connectivity index (χ3v) is 4.74. The van der Waals surface area contributed by atoms with Crippen molar-refractivity contribution in [2.75, 3.05) is 13.1 Å². The van der Waals surface area contributed by atoms with E-state index in [0.29, 0.717) is 17.8 Å². The molecule has 0 atom stereocenters. The van der Waals surface area contributed by atoms with Crippen molar-refractivity contribution in [2.45, 2.75) is 46.7 Å². The Morgan fingerprint density at radius 3 is 2.37 bits per heavy atom. The highest BCUT2D eigenvalue weighted by atomic mass is 16.2. The van der Waals surface area contributed by atoms with Crippen molar-refractivity contribution >= 4 is 5.91 Å². The number of amides is 1. The Kier molecular flexibility index (Phi) is 7.55. The van der Waals surface area contributed by atoms with Crippen LogP contribution in [0.5, 0.6) is 0 Å². The van der Waals surface area contributed by atoms with E-state index in [1.807, 2.05) is 18.2 Å². The molecule has 1 aromatic heterocycles. The Hall–Kier alpha value is -2.67. The Balaban J connectivity index is 1.95. The molecule has 27 heavy (non-hydrogen) atoms. The van der Waals surface area contributed by atoms with Gasteiger partial charge in [-0.1, -0.05) is 38.1 Å². The summed E-state index contributed by atoms with van der Waals surface area (Å²) in [6.45, 7) is 9.19. The van der Waals surface area contributed by atoms with Crippen molar-refractivity contribution in [3.63, 3.8) is 0 Å². The number of carbonyl (C=O) groups is 1. The number of H-pyrrole nitrogens is 2. The molecule has 0 aliphatic heterocycles. The maximum atomic E-state index is 12.2. The largest absolute Gasteiger partial charge is 0.352 e. The number of rotatable bonds is 9. The van der Waals surface area contributed by atoms with Crippen LogP contribution in [0.1, 0.15) is 42.7 Å². The molecule has 0 spiro atoms. The Morgan fingerprint density at radius 2 is 1.74 bits per heavy atom. The molecule has 0 bridgehead atoms. The number of aryl methyl sites for hydroxylation is 1. The maximum absolute atomic E-state index is 12.2. The molecule has 1 amide bonds. The second kappa shape index (κ2) is 9.87. The zero-order valence-corrected chi connectivity index (χ0v) is 16.2. The number of aromatic nitrogens is 2. The predicted octanol–water partition coefficient (Wildman–Crippen LogP) is 1.46. The molecule has 2 aromatic rings. The number of nitrogens with zero attached hydrogens (tertiary/aromatic N) is 1. The van der Waals surface area contributed by atoms with Crippen molar-refractivity contribution < 1.29 is 4.79 Å². The van der Waals surface area contributed by atoms with Crippen LogP contribution in [0.2, 0.25) is 0 Å². The number of carbonyl (C=O) groups excluding carboxylic acids is 1. The van der Waals surface area contributed by atoms with Crippen LogP contribution < -0.4 is 16.6 Å². The van der Waals surface area contributed by atoms with Gasteiger partial charge in [0.25, 0.3) is 5.56 Å². The van der Waals surface area contributed by atoms with Gasteiger partial charge in [-0.25, -0.2) is 4.79 Å². The van der Waals surface area contributed by atoms with E-state index in [2.05, 4.69) is 40.1 Å². The SMILES string of the molecule is CCN(CC)Cc1ccccc1CNC(=O)CCc1c(C)[nH]c(=O)[nH]c1=O. The molecule has 146 valence electrons. The lowest BCUT2D eigenvalue weighted by Gasteiger charge is -2.20. The average Bonchev–Trinajstić information content (AvgIpc) is 2.64. The van der Waals surface area contributed by atoms with Gasteiger partial charge in [0.1, 0.15) is 0 Å². The van der Waals surface area contributed by atoms with E-state index >= 15 is 0 Å². The quantitative estimate of drug-likeness (QED) is 0.621. The second-order valence-corrected chi connectivity index (χ2v) is 6.52. The summed E-state index contributed by atoms with van der Waals surface area (Å²) < 4.78 is 0. The molecule has 0 aliphatic rings. The van der Waals surface area contributed by atoms with Crippen LogP contribution in [0.3, 0.4) is 0 Å². The first-order valence-corrected chi connectivity index (χ1v) is 9.32. The molecular formula is C20H28N4O3. The summed E-state index contributed by atoms with van der Waals surface area (Å²) in [6.07, 6.45) is 0.471. The van der Waals surface area contributed by atoms with Crippen LogP contribution in [0, 0.1) is 6.92 Å². The first kappa shape index (κ1) is 20.6. The summed E-state index contributed by atoms with van der Waals surface area (Å²) in [6, 6.07) is 8.09. The van der Waals surface area contributed by atoms with Gasteiger partial charge in [-0.15, -0.1) is 0 Å². The fourth-order valence-corrected chi connectivity index (χ4v) is 3.02. The van der Waals surface area contributed by atoms with E-state index in [-0.39, 0.29) is 18.7 Å². The van der Waals surface area contributed by atoms with E-state index in [4.69, 9.17) is 0 Å². The minimum absolute atomic E-state index is 0.127. The summed E-state index contributed by atoms with van der Waals surface area (Å²) in [5.74, 6) is -0.127. The Labute approximate surface area is 158 Å². The minimum Gasteiger partial charge on any atom is -0.352 e. The van der Waals surface area contributed by atoms with E-state index in [0.717, 1.165) is 25.2 Å². The number of nitrogens with one attached hydrogen (secondary N) is 3. The van der Waals surface area contributed by atoms with Gasteiger partial charge in [-0.2, -0.15) is 0 Å². The van der Waals surface area contributed by atoms with Crippen molar-refractivity contribution in [1.82, 2.24) is 20.2 Å². The molecule has 7 nitrogen and oxygen atoms in total. The van der Waals surface area contributed by atoms with E-state index < -0.39 is 11.2 Å². The highest BCUT2D eigenvalue weighted by Crippen LogP contribution is 2.12. The topological polar surface area (TPSA) is 98.1 Å². The van der Waals surface area contributed by atoms with Crippen molar-refractivity contribution in [3.8, 4) is 0 Å². The highest BCUT2D eigenvalue weighted by molar-refractivity contribution is 5.76. The van der Waals surface area contributed by atoms with Gasteiger partial charge in [0.05, 0.1) is 0 Å². The molecule has 0 saturated heterocycles. The smallest absolute Gasteiger partial charge is 0.325 e. The fourth-order valence-electron chi connectivity index (χ4n) is 3.02. The van der Waals surface area contributed by atoms with Gasteiger partial charge in [-0.3, -0.25) is 19.5 Å². The average molecular weight is 372 g/mol. The lowest BCUT2D eigenvalue weighted by Crippen LogP contribution is -2.29. The molecule has 1 heterocycles. The first-order chi connectivity index (χ1) is 12.9. The molecular weight excluding hydrogens is 344 g/mol. The van der Waals surface area contributed by atoms with Gasteiger partial charge in [0.2, 0.25) is 5.91 Å². The van der Waals surface area contributed by atoms with Gasteiger partial charge < -0.3 is 10.3 Å². The number of hydrogen-bond donors (Lipinski definition) is 3. The van der Waals surface area contributed by atoms with Crippen LogP contribution in [0.25, 0.3) is 0 Å². The van der Waals surface area contributed by atoms with Gasteiger partial charge in [-0.05, 0) is 37.6 Å². The molecule has 3 N–H and O–H groups in total. The van der Waals surface area contributed by atoms with Crippen molar-refractivity contribution in [3.05, 3.63) is 67.5 Å². The first-order valence-electron chi connectivity index (χ1n) is 9.32. The van der Waals surface area contributed by atoms with Gasteiger partial charge in [0.15, 0.2) is 0 Å². The summed E-state index contributed by atoms with van der Waals surface area (Å²) in [4.78, 5) is 42.4. The van der Waals surface area contributed by atoms with Crippen molar-refractivity contribution in [1.29, 1.82) is 0 Å². The number of aromatic amines is 2. The molecule has 0 aliphatic carbocycles. The molecule has 1 aromatic carbocycles. The number of hydrogen-bond acceptors (Lipinski definition) is 4. The molecule has 0 unspecified atom stereocenters. The monoisotopic (exact) mass is 372 g/mol. The van der Waals surface area contributed by atoms with Crippen LogP contribution in [0.15, 0.2) is 33.9 Å². The summed E-state index contributed by atoms with van der Waals surface area (Å²) in [5.41, 5.74) is 2.27. The lowest BCUT2D eigenvalue weighted by molar-refractivity contribution is -0.121. The summed E-state index contributed by atoms with van der Waals surface area (Å²) in [7, 11) is 0. The zero-order chi connectivity index (χ0) is 19.8. The van der Waals surface area contributed by atoms with E-state index in [9.17, 15) is 14.4 Å². The minimum atomic E-state index is -0.532. The number of benzene rings is 1. The van der Waals surface area contributed by atoms with Crippen LogP contribution in [-0.2, 0) is 24.3 Å². The summed E-state index contributed by atoms with van der Waals surface area (Å²) >= 11 is 0. The van der Waals surface area contributed by atoms with Gasteiger partial charge >= 0.3 is 5.69 Å². The highest BCUT2D eigenvalue weighted by Gasteiger charge is 2.10. The fraction of sp³-hybridized carbons (Fsp3) is 0.450. The maximum Gasteiger partial charge on any atom is 0.325 e. The molecule has 0 radical (unpaired) electrons. The molecule has 0 saturated carbocycles. The molecule has 2 rings (SSSR count). The zero-order valence-electron chi connectivity index (χ0n) is 16.2. The third kappa shape index (κ3) is 5.92. The van der Waals surface area contributed by atoms with Gasteiger partial charge in [0, 0.05) is 30.8 Å². The predicted molar refractivity (Wildman–Crippen MR) is 106 cm³/mol. The standard InChI is InChI=1S/C20H28N4O3/c1-4-24(5-2)13-16-9-7-6-8-15(16)12-21-18(25)11-10-17-14(3)22-20(27)23-19(17)26/h6-9H,4-5,10-13H2,1-3H3,(H,21,25)(H2,22,23,26,27). The second-order valence-electron chi connectivity index (χ2n) is 6.52. The van der Waals surface area contributed by atoms with E-state index in [1.165, 1.54) is 5.56 Å².